The minimum atomic E-state index is -0.430. The van der Waals surface area contributed by atoms with E-state index in [1.54, 1.807) is 35.9 Å². The first kappa shape index (κ1) is 20.5. The first-order valence-electron chi connectivity index (χ1n) is 8.63. The Morgan fingerprint density at radius 2 is 2.10 bits per heavy atom. The van der Waals surface area contributed by atoms with Crippen LogP contribution in [0.2, 0.25) is 0 Å². The van der Waals surface area contributed by atoms with Gasteiger partial charge in [-0.1, -0.05) is 12.1 Å². The van der Waals surface area contributed by atoms with Crippen LogP contribution >= 0.6 is 15.9 Å². The van der Waals surface area contributed by atoms with Crippen molar-refractivity contribution in [1.29, 1.82) is 0 Å². The van der Waals surface area contributed by atoms with E-state index >= 15 is 0 Å². The number of nitro benzene ring substituents is 1. The van der Waals surface area contributed by atoms with E-state index in [0.29, 0.717) is 22.6 Å². The molecule has 2 aromatic heterocycles. The minimum absolute atomic E-state index is 0.0252. The summed E-state index contributed by atoms with van der Waals surface area (Å²) in [7, 11) is 0. The molecule has 0 fully saturated rings. The molecule has 3 rings (SSSR count). The topological polar surface area (TPSA) is 116 Å². The lowest BCUT2D eigenvalue weighted by Crippen LogP contribution is -2.24. The summed E-state index contributed by atoms with van der Waals surface area (Å²) in [6.07, 6.45) is 1.37. The molecular formula is C19H18BrN5O4. The van der Waals surface area contributed by atoms with Crippen LogP contribution in [0.3, 0.4) is 0 Å². The Balaban J connectivity index is 1.66. The van der Waals surface area contributed by atoms with Crippen LogP contribution in [0.15, 0.2) is 44.3 Å². The second-order valence-electron chi connectivity index (χ2n) is 6.34. The summed E-state index contributed by atoms with van der Waals surface area (Å²) >= 11 is 3.42. The van der Waals surface area contributed by atoms with Gasteiger partial charge >= 0.3 is 0 Å². The number of halogens is 1. The van der Waals surface area contributed by atoms with E-state index in [4.69, 9.17) is 4.42 Å². The lowest BCUT2D eigenvalue weighted by Gasteiger charge is -2.03. The van der Waals surface area contributed by atoms with Crippen LogP contribution in [0.25, 0.3) is 11.3 Å². The number of rotatable bonds is 6. The van der Waals surface area contributed by atoms with Gasteiger partial charge in [0.2, 0.25) is 0 Å². The van der Waals surface area contributed by atoms with Crippen LogP contribution < -0.4 is 5.43 Å². The van der Waals surface area contributed by atoms with Crippen molar-refractivity contribution in [3.05, 3.63) is 67.6 Å². The van der Waals surface area contributed by atoms with E-state index in [9.17, 15) is 14.9 Å². The highest BCUT2D eigenvalue weighted by Gasteiger charge is 2.16. The Labute approximate surface area is 174 Å². The molecule has 0 aliphatic heterocycles. The normalized spacial score (nSPS) is 11.2. The molecule has 1 N–H and O–H groups in total. The molecule has 3 aromatic rings. The van der Waals surface area contributed by atoms with E-state index in [1.165, 1.54) is 12.3 Å². The Morgan fingerprint density at radius 1 is 1.34 bits per heavy atom. The lowest BCUT2D eigenvalue weighted by atomic mass is 10.1. The van der Waals surface area contributed by atoms with Gasteiger partial charge in [-0.05, 0) is 48.8 Å². The van der Waals surface area contributed by atoms with Crippen LogP contribution in [-0.4, -0.2) is 26.8 Å². The third-order valence-electron chi connectivity index (χ3n) is 4.36. The van der Waals surface area contributed by atoms with Crippen molar-refractivity contribution in [3.63, 3.8) is 0 Å². The van der Waals surface area contributed by atoms with Crippen molar-refractivity contribution in [2.75, 3.05) is 0 Å². The van der Waals surface area contributed by atoms with Crippen LogP contribution in [0.5, 0.6) is 0 Å². The van der Waals surface area contributed by atoms with E-state index in [-0.39, 0.29) is 18.1 Å². The molecule has 0 atom stereocenters. The summed E-state index contributed by atoms with van der Waals surface area (Å²) < 4.78 is 8.13. The third kappa shape index (κ3) is 4.43. The van der Waals surface area contributed by atoms with Gasteiger partial charge in [-0.15, -0.1) is 0 Å². The molecule has 0 radical (unpaired) electrons. The highest BCUT2D eigenvalue weighted by molar-refractivity contribution is 9.10. The predicted molar refractivity (Wildman–Crippen MR) is 111 cm³/mol. The molecule has 9 nitrogen and oxygen atoms in total. The number of hydrazone groups is 1. The second-order valence-corrected chi connectivity index (χ2v) is 7.14. The summed E-state index contributed by atoms with van der Waals surface area (Å²) in [5.74, 6) is 0.548. The quantitative estimate of drug-likeness (QED) is 0.341. The average molecular weight is 460 g/mol. The van der Waals surface area contributed by atoms with E-state index in [1.807, 2.05) is 13.8 Å². The molecule has 0 aliphatic rings. The fourth-order valence-corrected chi connectivity index (χ4v) is 3.11. The summed E-state index contributed by atoms with van der Waals surface area (Å²) in [5.41, 5.74) is 5.24. The Kier molecular flexibility index (Phi) is 5.92. The van der Waals surface area contributed by atoms with Gasteiger partial charge in [0.05, 0.1) is 27.0 Å². The number of carbonyl (C=O) groups excluding carboxylic acids is 1. The number of benzene rings is 1. The highest BCUT2D eigenvalue weighted by Crippen LogP contribution is 2.30. The van der Waals surface area contributed by atoms with Crippen LogP contribution in [0.1, 0.15) is 22.7 Å². The maximum absolute atomic E-state index is 12.1. The minimum Gasteiger partial charge on any atom is -0.455 e. The monoisotopic (exact) mass is 459 g/mol. The summed E-state index contributed by atoms with van der Waals surface area (Å²) in [5, 5.41) is 19.3. The molecule has 1 amide bonds. The number of nitro groups is 1. The smallest absolute Gasteiger partial charge is 0.273 e. The molecule has 0 aliphatic carbocycles. The molecule has 29 heavy (non-hydrogen) atoms. The molecule has 10 heteroatoms. The number of carbonyl (C=O) groups is 1. The standard InChI is InChI=1S/C19H18BrN5O4/c1-11-15(5-4-6-16(11)25(27)28)17-8-7-14(29-17)9-21-22-18(26)10-24-13(3)19(20)12(2)23-24/h4-9H,10H2,1-3H3,(H,22,26)/b21-9-. The Bertz CT molecular complexity index is 1120. The Morgan fingerprint density at radius 3 is 2.76 bits per heavy atom. The largest absolute Gasteiger partial charge is 0.455 e. The molecule has 0 bridgehead atoms. The zero-order valence-corrected chi connectivity index (χ0v) is 17.6. The van der Waals surface area contributed by atoms with Crippen molar-refractivity contribution in [1.82, 2.24) is 15.2 Å². The van der Waals surface area contributed by atoms with Gasteiger partial charge in [0.15, 0.2) is 0 Å². The fraction of sp³-hybridized carbons (Fsp3) is 0.211. The van der Waals surface area contributed by atoms with Gasteiger partial charge in [0.25, 0.3) is 11.6 Å². The van der Waals surface area contributed by atoms with Crippen molar-refractivity contribution >= 4 is 33.7 Å². The molecule has 0 unspecified atom stereocenters. The van der Waals surface area contributed by atoms with Crippen LogP contribution in [0.4, 0.5) is 5.69 Å². The first-order valence-corrected chi connectivity index (χ1v) is 9.43. The molecule has 0 saturated heterocycles. The SMILES string of the molecule is Cc1nn(CC(=O)N/N=C\c2ccc(-c3cccc([N+](=O)[O-])c3C)o2)c(C)c1Br. The number of amides is 1. The average Bonchev–Trinajstić information content (AvgIpc) is 3.23. The molecule has 0 saturated carbocycles. The number of hydrogen-bond acceptors (Lipinski definition) is 6. The molecule has 1 aromatic carbocycles. The molecular weight excluding hydrogens is 442 g/mol. The zero-order chi connectivity index (χ0) is 21.1. The van der Waals surface area contributed by atoms with Gasteiger partial charge in [0.1, 0.15) is 18.1 Å². The third-order valence-corrected chi connectivity index (χ3v) is 5.51. The number of nitrogens with one attached hydrogen (secondary N) is 1. The van der Waals surface area contributed by atoms with Gasteiger partial charge in [-0.3, -0.25) is 19.6 Å². The van der Waals surface area contributed by atoms with Gasteiger partial charge < -0.3 is 4.42 Å². The van der Waals surface area contributed by atoms with Gasteiger partial charge in [0, 0.05) is 17.2 Å². The summed E-state index contributed by atoms with van der Waals surface area (Å²) in [6.45, 7) is 5.41. The maximum Gasteiger partial charge on any atom is 0.273 e. The fourth-order valence-electron chi connectivity index (χ4n) is 2.82. The summed E-state index contributed by atoms with van der Waals surface area (Å²) in [4.78, 5) is 22.7. The maximum atomic E-state index is 12.1. The second kappa shape index (κ2) is 8.39. The Hall–Kier alpha value is -3.27. The van der Waals surface area contributed by atoms with Crippen molar-refractivity contribution < 1.29 is 14.1 Å². The molecule has 0 spiro atoms. The number of furan rings is 1. The van der Waals surface area contributed by atoms with Crippen LogP contribution in [-0.2, 0) is 11.3 Å². The van der Waals surface area contributed by atoms with Gasteiger partial charge in [-0.25, -0.2) is 5.43 Å². The van der Waals surface area contributed by atoms with Crippen LogP contribution in [0, 0.1) is 30.9 Å². The number of hydrogen-bond donors (Lipinski definition) is 1. The first-order chi connectivity index (χ1) is 13.8. The number of aryl methyl sites for hydroxylation is 1. The van der Waals surface area contributed by atoms with Crippen molar-refractivity contribution in [3.8, 4) is 11.3 Å². The van der Waals surface area contributed by atoms with E-state index in [2.05, 4.69) is 31.6 Å². The van der Waals surface area contributed by atoms with Crippen molar-refractivity contribution in [2.45, 2.75) is 27.3 Å². The highest BCUT2D eigenvalue weighted by atomic mass is 79.9. The zero-order valence-electron chi connectivity index (χ0n) is 16.0. The van der Waals surface area contributed by atoms with E-state index < -0.39 is 4.92 Å². The van der Waals surface area contributed by atoms with Gasteiger partial charge in [-0.2, -0.15) is 10.2 Å². The van der Waals surface area contributed by atoms with Crippen molar-refractivity contribution in [2.24, 2.45) is 5.10 Å². The molecule has 2 heterocycles. The number of aromatic nitrogens is 2. The predicted octanol–water partition coefficient (Wildman–Crippen LogP) is 3.89. The van der Waals surface area contributed by atoms with E-state index in [0.717, 1.165) is 15.9 Å². The lowest BCUT2D eigenvalue weighted by molar-refractivity contribution is -0.385. The molecule has 150 valence electrons. The number of nitrogens with zero attached hydrogens (tertiary/aromatic N) is 4. The summed E-state index contributed by atoms with van der Waals surface area (Å²) in [6, 6.07) is 8.16.